The fourth-order valence-corrected chi connectivity index (χ4v) is 2.51. The van der Waals surface area contributed by atoms with E-state index < -0.39 is 0 Å². The highest BCUT2D eigenvalue weighted by molar-refractivity contribution is 6.30. The molecule has 1 aromatic heterocycles. The van der Waals surface area contributed by atoms with Gasteiger partial charge >= 0.3 is 0 Å². The summed E-state index contributed by atoms with van der Waals surface area (Å²) >= 11 is 6.03. The van der Waals surface area contributed by atoms with Crippen molar-refractivity contribution in [3.63, 3.8) is 0 Å². The second-order valence-corrected chi connectivity index (χ2v) is 4.92. The minimum Gasteiger partial charge on any atom is -0.299 e. The van der Waals surface area contributed by atoms with Crippen LogP contribution in [0.2, 0.25) is 5.15 Å². The molecule has 0 saturated heterocycles. The maximum Gasteiger partial charge on any atom is 0.141 e. The van der Waals surface area contributed by atoms with Gasteiger partial charge in [-0.05, 0) is 37.8 Å². The Balaban J connectivity index is 2.39. The summed E-state index contributed by atoms with van der Waals surface area (Å²) in [7, 11) is 0. The van der Waals surface area contributed by atoms with Gasteiger partial charge in [0, 0.05) is 6.42 Å². The van der Waals surface area contributed by atoms with E-state index in [0.29, 0.717) is 17.4 Å². The van der Waals surface area contributed by atoms with Crippen molar-refractivity contribution in [1.82, 2.24) is 4.98 Å². The number of pyridine rings is 1. The maximum absolute atomic E-state index is 11.9. The number of Topliss-reactive ketones (excluding diaryl/α,β-unsaturated/α-hetero) is 1. The molecule has 0 N–H and O–H groups in total. The summed E-state index contributed by atoms with van der Waals surface area (Å²) in [6.07, 6.45) is 3.75. The number of aromatic nitrogens is 1. The maximum atomic E-state index is 11.9. The third-order valence-corrected chi connectivity index (χ3v) is 3.65. The molecular weight excluding hydrogens is 222 g/mol. The van der Waals surface area contributed by atoms with Crippen molar-refractivity contribution >= 4 is 17.4 Å². The van der Waals surface area contributed by atoms with Crippen molar-refractivity contribution in [2.75, 3.05) is 0 Å². The molecule has 86 valence electrons. The summed E-state index contributed by atoms with van der Waals surface area (Å²) in [5.41, 5.74) is 2.95. The highest BCUT2D eigenvalue weighted by atomic mass is 35.5. The molecule has 1 saturated carbocycles. The van der Waals surface area contributed by atoms with Gasteiger partial charge in [0.25, 0.3) is 0 Å². The molecule has 1 unspecified atom stereocenters. The van der Waals surface area contributed by atoms with E-state index in [1.807, 2.05) is 19.9 Å². The smallest absolute Gasteiger partial charge is 0.141 e. The standard InChI is InChI=1S/C13H16ClNO/c1-8-7-9(2)13(14)15-12(8)10-5-3-4-6-11(10)16/h7,10H,3-6H2,1-2H3. The Bertz CT molecular complexity index is 428. The lowest BCUT2D eigenvalue weighted by atomic mass is 9.84. The van der Waals surface area contributed by atoms with E-state index in [1.165, 1.54) is 0 Å². The van der Waals surface area contributed by atoms with Crippen LogP contribution in [0.5, 0.6) is 0 Å². The quantitative estimate of drug-likeness (QED) is 0.699. The van der Waals surface area contributed by atoms with Crippen molar-refractivity contribution in [1.29, 1.82) is 0 Å². The van der Waals surface area contributed by atoms with Crippen molar-refractivity contribution in [3.05, 3.63) is 28.0 Å². The molecule has 1 aliphatic carbocycles. The van der Waals surface area contributed by atoms with E-state index in [0.717, 1.165) is 36.1 Å². The topological polar surface area (TPSA) is 30.0 Å². The van der Waals surface area contributed by atoms with Gasteiger partial charge in [0.1, 0.15) is 10.9 Å². The molecule has 0 aliphatic heterocycles. The molecule has 1 fully saturated rings. The van der Waals surface area contributed by atoms with Crippen molar-refractivity contribution in [3.8, 4) is 0 Å². The first-order valence-electron chi connectivity index (χ1n) is 5.76. The average molecular weight is 238 g/mol. The van der Waals surface area contributed by atoms with Crippen LogP contribution in [0.15, 0.2) is 6.07 Å². The zero-order valence-corrected chi connectivity index (χ0v) is 10.5. The van der Waals surface area contributed by atoms with Gasteiger partial charge in [-0.25, -0.2) is 4.98 Å². The van der Waals surface area contributed by atoms with Gasteiger partial charge in [0.2, 0.25) is 0 Å². The molecule has 0 bridgehead atoms. The van der Waals surface area contributed by atoms with Crippen molar-refractivity contribution in [2.45, 2.75) is 45.4 Å². The fraction of sp³-hybridized carbons (Fsp3) is 0.538. The minimum atomic E-state index is -0.0214. The molecule has 0 radical (unpaired) electrons. The van der Waals surface area contributed by atoms with E-state index in [-0.39, 0.29) is 5.92 Å². The van der Waals surface area contributed by atoms with Crippen LogP contribution in [0, 0.1) is 13.8 Å². The SMILES string of the molecule is Cc1cc(C)c(C2CCCCC2=O)nc1Cl. The molecule has 2 rings (SSSR count). The van der Waals surface area contributed by atoms with Crippen molar-refractivity contribution < 1.29 is 4.79 Å². The number of carbonyl (C=O) groups is 1. The highest BCUT2D eigenvalue weighted by Crippen LogP contribution is 2.32. The molecule has 1 aliphatic rings. The Morgan fingerprint density at radius 3 is 2.75 bits per heavy atom. The minimum absolute atomic E-state index is 0.0214. The summed E-state index contributed by atoms with van der Waals surface area (Å²) in [6.45, 7) is 3.95. The molecule has 1 heterocycles. The molecule has 1 atom stereocenters. The van der Waals surface area contributed by atoms with Gasteiger partial charge in [-0.15, -0.1) is 0 Å². The van der Waals surface area contributed by atoms with E-state index in [2.05, 4.69) is 4.98 Å². The van der Waals surface area contributed by atoms with E-state index in [9.17, 15) is 4.79 Å². The number of aryl methyl sites for hydroxylation is 2. The van der Waals surface area contributed by atoms with Crippen LogP contribution in [-0.4, -0.2) is 10.8 Å². The lowest BCUT2D eigenvalue weighted by molar-refractivity contribution is -0.121. The lowest BCUT2D eigenvalue weighted by Crippen LogP contribution is -2.19. The van der Waals surface area contributed by atoms with Gasteiger partial charge < -0.3 is 0 Å². The first kappa shape index (κ1) is 11.6. The molecule has 1 aromatic rings. The predicted octanol–water partition coefficient (Wildman–Crippen LogP) is 3.58. The number of carbonyl (C=O) groups excluding carboxylic acids is 1. The molecule has 0 aromatic carbocycles. The van der Waals surface area contributed by atoms with Gasteiger partial charge in [0.05, 0.1) is 11.6 Å². The highest BCUT2D eigenvalue weighted by Gasteiger charge is 2.26. The summed E-state index contributed by atoms with van der Waals surface area (Å²) in [4.78, 5) is 16.3. The third kappa shape index (κ3) is 2.12. The van der Waals surface area contributed by atoms with Crippen molar-refractivity contribution in [2.24, 2.45) is 0 Å². The Kier molecular flexibility index (Phi) is 3.29. The van der Waals surface area contributed by atoms with Crippen LogP contribution in [0.3, 0.4) is 0 Å². The van der Waals surface area contributed by atoms with Gasteiger partial charge in [0.15, 0.2) is 0 Å². The van der Waals surface area contributed by atoms with E-state index >= 15 is 0 Å². The first-order valence-corrected chi connectivity index (χ1v) is 6.13. The zero-order chi connectivity index (χ0) is 11.7. The number of halogens is 1. The Morgan fingerprint density at radius 2 is 2.06 bits per heavy atom. The fourth-order valence-electron chi connectivity index (χ4n) is 2.37. The Hall–Kier alpha value is -0.890. The normalized spacial score (nSPS) is 21.2. The third-order valence-electron chi connectivity index (χ3n) is 3.27. The number of nitrogens with zero attached hydrogens (tertiary/aromatic N) is 1. The Morgan fingerprint density at radius 1 is 1.31 bits per heavy atom. The lowest BCUT2D eigenvalue weighted by Gasteiger charge is -2.21. The molecule has 16 heavy (non-hydrogen) atoms. The molecular formula is C13H16ClNO. The number of rotatable bonds is 1. The summed E-state index contributed by atoms with van der Waals surface area (Å²) < 4.78 is 0. The first-order chi connectivity index (χ1) is 7.59. The van der Waals surface area contributed by atoms with Gasteiger partial charge in [-0.3, -0.25) is 4.79 Å². The summed E-state index contributed by atoms with van der Waals surface area (Å²) in [5.74, 6) is 0.300. The second-order valence-electron chi connectivity index (χ2n) is 4.56. The Labute approximate surface area is 101 Å². The predicted molar refractivity (Wildman–Crippen MR) is 64.9 cm³/mol. The molecule has 3 heteroatoms. The van der Waals surface area contributed by atoms with Crippen LogP contribution in [0.25, 0.3) is 0 Å². The van der Waals surface area contributed by atoms with Crippen LogP contribution in [-0.2, 0) is 4.79 Å². The van der Waals surface area contributed by atoms with Crippen LogP contribution in [0.1, 0.15) is 48.4 Å². The molecule has 0 amide bonds. The van der Waals surface area contributed by atoms with Crippen LogP contribution in [0.4, 0.5) is 0 Å². The average Bonchev–Trinajstić information content (AvgIpc) is 2.25. The summed E-state index contributed by atoms with van der Waals surface area (Å²) in [5, 5.41) is 0.527. The van der Waals surface area contributed by atoms with E-state index in [1.54, 1.807) is 0 Å². The van der Waals surface area contributed by atoms with Gasteiger partial charge in [-0.2, -0.15) is 0 Å². The number of ketones is 1. The largest absolute Gasteiger partial charge is 0.299 e. The number of hydrogen-bond acceptors (Lipinski definition) is 2. The van der Waals surface area contributed by atoms with Crippen LogP contribution < -0.4 is 0 Å². The van der Waals surface area contributed by atoms with Gasteiger partial charge in [-0.1, -0.05) is 24.1 Å². The van der Waals surface area contributed by atoms with E-state index in [4.69, 9.17) is 11.6 Å². The zero-order valence-electron chi connectivity index (χ0n) is 9.72. The molecule has 0 spiro atoms. The van der Waals surface area contributed by atoms with Crippen LogP contribution >= 0.6 is 11.6 Å². The molecule has 2 nitrogen and oxygen atoms in total. The summed E-state index contributed by atoms with van der Waals surface area (Å²) in [6, 6.07) is 2.02. The number of hydrogen-bond donors (Lipinski definition) is 0. The second kappa shape index (κ2) is 4.54. The monoisotopic (exact) mass is 237 g/mol.